The van der Waals surface area contributed by atoms with Crippen LogP contribution in [0, 0.1) is 0 Å². The fraction of sp³-hybridized carbons (Fsp3) is 0.235. The highest BCUT2D eigenvalue weighted by Crippen LogP contribution is 2.45. The number of halogens is 1. The zero-order valence-electron chi connectivity index (χ0n) is 24.4. The number of ether oxygens (including phenoxy) is 2. The largest absolute Gasteiger partial charge is 0.494 e. The summed E-state index contributed by atoms with van der Waals surface area (Å²) in [6.45, 7) is 0.746. The Morgan fingerprint density at radius 3 is 2.29 bits per heavy atom. The maximum Gasteiger partial charge on any atom is 0.266 e. The maximum absolute atomic E-state index is 14.3. The number of aliphatic hydroxyl groups is 1. The lowest BCUT2D eigenvalue weighted by Gasteiger charge is -2.31. The van der Waals surface area contributed by atoms with E-state index in [1.165, 1.54) is 0 Å². The van der Waals surface area contributed by atoms with Crippen molar-refractivity contribution in [2.75, 3.05) is 19.0 Å². The molecule has 5 rings (SSSR count). The Kier molecular flexibility index (Phi) is 10.7. The summed E-state index contributed by atoms with van der Waals surface area (Å²) in [5.41, 5.74) is 6.32. The van der Waals surface area contributed by atoms with Crippen LogP contribution in [0.3, 0.4) is 0 Å². The highest BCUT2D eigenvalue weighted by Gasteiger charge is 2.54. The van der Waals surface area contributed by atoms with Crippen LogP contribution in [-0.2, 0) is 25.9 Å². The average molecular weight is 693 g/mol. The lowest BCUT2D eigenvalue weighted by molar-refractivity contribution is -0.130. The minimum atomic E-state index is -3.77. The molecule has 0 saturated heterocycles. The second-order valence-electron chi connectivity index (χ2n) is 10.5. The molecule has 0 bridgehead atoms. The number of carbonyl (C=O) groups excluding carboxylic acids is 1. The Morgan fingerprint density at radius 1 is 0.933 bits per heavy atom. The van der Waals surface area contributed by atoms with Gasteiger partial charge in [0.1, 0.15) is 5.75 Å². The molecule has 45 heavy (non-hydrogen) atoms. The van der Waals surface area contributed by atoms with Gasteiger partial charge in [0.25, 0.3) is 5.91 Å². The fourth-order valence-electron chi connectivity index (χ4n) is 5.00. The number of benzene rings is 4. The highest BCUT2D eigenvalue weighted by molar-refractivity contribution is 9.10. The normalized spacial score (nSPS) is 17.7. The van der Waals surface area contributed by atoms with Gasteiger partial charge in [0, 0.05) is 41.6 Å². The number of hydrogen-bond donors (Lipinski definition) is 3. The van der Waals surface area contributed by atoms with Crippen LogP contribution in [0.2, 0.25) is 0 Å². The summed E-state index contributed by atoms with van der Waals surface area (Å²) in [7, 11) is -3.77. The van der Waals surface area contributed by atoms with E-state index in [9.17, 15) is 13.2 Å². The second kappa shape index (κ2) is 14.8. The number of aliphatic imine (C=N–C) groups is 1. The van der Waals surface area contributed by atoms with Crippen LogP contribution < -0.4 is 15.6 Å². The number of carbonyl (C=O) groups is 1. The summed E-state index contributed by atoms with van der Waals surface area (Å²) >= 11 is 3.60. The molecular weight excluding hydrogens is 658 g/mol. The Balaban J connectivity index is 1.52. The summed E-state index contributed by atoms with van der Waals surface area (Å²) < 4.78 is 39.8. The molecule has 4 aromatic rings. The van der Waals surface area contributed by atoms with Crippen molar-refractivity contribution in [3.05, 3.63) is 130 Å². The third-order valence-corrected chi connectivity index (χ3v) is 9.86. The number of aliphatic hydroxyl groups excluding tert-OH is 1. The maximum atomic E-state index is 14.3. The Bertz CT molecular complexity index is 1720. The molecule has 4 aromatic carbocycles. The van der Waals surface area contributed by atoms with E-state index in [0.717, 1.165) is 5.56 Å². The molecule has 0 fully saturated rings. The van der Waals surface area contributed by atoms with Crippen molar-refractivity contribution >= 4 is 37.6 Å². The van der Waals surface area contributed by atoms with Crippen molar-refractivity contribution in [3.63, 3.8) is 0 Å². The average Bonchev–Trinajstić information content (AvgIpc) is 3.46. The molecule has 3 N–H and O–H groups in total. The fourth-order valence-corrected chi connectivity index (χ4v) is 6.88. The lowest BCUT2D eigenvalue weighted by Crippen LogP contribution is -2.53. The van der Waals surface area contributed by atoms with Crippen LogP contribution in [0.25, 0.3) is 0 Å². The van der Waals surface area contributed by atoms with E-state index in [-0.39, 0.29) is 29.6 Å². The number of hydrogen-bond acceptors (Lipinski definition) is 8. The first kappa shape index (κ1) is 32.4. The topological polar surface area (TPSA) is 126 Å². The summed E-state index contributed by atoms with van der Waals surface area (Å²) in [4.78, 5) is 19.3. The van der Waals surface area contributed by atoms with Gasteiger partial charge in [0.05, 0.1) is 17.3 Å². The van der Waals surface area contributed by atoms with Crippen molar-refractivity contribution in [3.8, 4) is 5.75 Å². The summed E-state index contributed by atoms with van der Waals surface area (Å²) in [6, 6.07) is 32.1. The molecule has 1 aliphatic rings. The van der Waals surface area contributed by atoms with Crippen LogP contribution in [0.4, 0.5) is 0 Å². The molecular formula is C34H34BrN3O6S. The van der Waals surface area contributed by atoms with Crippen LogP contribution in [-0.4, -0.2) is 49.8 Å². The van der Waals surface area contributed by atoms with E-state index in [0.29, 0.717) is 40.9 Å². The van der Waals surface area contributed by atoms with Gasteiger partial charge in [-0.1, -0.05) is 82.7 Å². The number of rotatable bonds is 14. The monoisotopic (exact) mass is 691 g/mol. The standard InChI is InChI=1S/C34H34BrN3O6S/c35-30-15-8-7-14-29(30)31-34(20-23-45(41,42)28-12-5-2-6-13-28,33(40)38-36-24-25-10-3-1-4-11-25)37-32(44-31)26-16-18-27(19-17-26)43-22-9-21-39/h1-8,10-19,31,36,39H,9,20-24H2,(H,38,40)/t31-,34-/m0/s1. The minimum Gasteiger partial charge on any atom is -0.494 e. The first-order valence-electron chi connectivity index (χ1n) is 14.5. The van der Waals surface area contributed by atoms with Crippen molar-refractivity contribution in [2.45, 2.75) is 35.9 Å². The van der Waals surface area contributed by atoms with E-state index in [2.05, 4.69) is 26.8 Å². The summed E-state index contributed by atoms with van der Waals surface area (Å²) in [6.07, 6.45) is -0.596. The predicted molar refractivity (Wildman–Crippen MR) is 175 cm³/mol. The number of amides is 1. The predicted octanol–water partition coefficient (Wildman–Crippen LogP) is 5.15. The quantitative estimate of drug-likeness (QED) is 0.123. The molecule has 0 unspecified atom stereocenters. The number of hydrazine groups is 1. The Hall–Kier alpha value is -4.03. The van der Waals surface area contributed by atoms with Crippen LogP contribution in [0.5, 0.6) is 5.75 Å². The summed E-state index contributed by atoms with van der Waals surface area (Å²) in [5, 5.41) is 9.04. The van der Waals surface area contributed by atoms with Gasteiger partial charge in [-0.25, -0.2) is 18.8 Å². The number of nitrogens with zero attached hydrogens (tertiary/aromatic N) is 1. The van der Waals surface area contributed by atoms with E-state index in [4.69, 9.17) is 19.6 Å². The van der Waals surface area contributed by atoms with Crippen molar-refractivity contribution in [1.82, 2.24) is 10.9 Å². The van der Waals surface area contributed by atoms with Gasteiger partial charge in [-0.3, -0.25) is 10.2 Å². The van der Waals surface area contributed by atoms with E-state index in [1.807, 2.05) is 54.6 Å². The van der Waals surface area contributed by atoms with Gasteiger partial charge < -0.3 is 14.6 Å². The molecule has 1 amide bonds. The van der Waals surface area contributed by atoms with Crippen molar-refractivity contribution < 1.29 is 27.8 Å². The first-order chi connectivity index (χ1) is 21.8. The van der Waals surface area contributed by atoms with Gasteiger partial charge in [-0.05, 0) is 48.0 Å². The molecule has 0 spiro atoms. The van der Waals surface area contributed by atoms with Gasteiger partial charge >= 0.3 is 0 Å². The molecule has 1 aliphatic heterocycles. The Morgan fingerprint density at radius 2 is 1.60 bits per heavy atom. The molecule has 234 valence electrons. The van der Waals surface area contributed by atoms with Crippen molar-refractivity contribution in [1.29, 1.82) is 0 Å². The summed E-state index contributed by atoms with van der Waals surface area (Å²) in [5.74, 6) is -0.0624. The second-order valence-corrected chi connectivity index (χ2v) is 13.4. The molecule has 9 nitrogen and oxygen atoms in total. The first-order valence-corrected chi connectivity index (χ1v) is 17.0. The van der Waals surface area contributed by atoms with Gasteiger partial charge in [0.15, 0.2) is 21.5 Å². The minimum absolute atomic E-state index is 0.0313. The van der Waals surface area contributed by atoms with Gasteiger partial charge in [-0.15, -0.1) is 0 Å². The molecule has 2 atom stereocenters. The van der Waals surface area contributed by atoms with Gasteiger partial charge in [0.2, 0.25) is 5.90 Å². The van der Waals surface area contributed by atoms with Crippen molar-refractivity contribution in [2.24, 2.45) is 4.99 Å². The third-order valence-electron chi connectivity index (χ3n) is 7.41. The molecule has 11 heteroatoms. The third kappa shape index (κ3) is 7.80. The lowest BCUT2D eigenvalue weighted by atomic mass is 9.85. The highest BCUT2D eigenvalue weighted by atomic mass is 79.9. The molecule has 0 saturated carbocycles. The zero-order chi connectivity index (χ0) is 31.7. The van der Waals surface area contributed by atoms with E-state index < -0.39 is 27.4 Å². The van der Waals surface area contributed by atoms with Crippen LogP contribution in [0.1, 0.15) is 35.6 Å². The number of sulfone groups is 1. The smallest absolute Gasteiger partial charge is 0.266 e. The molecule has 1 heterocycles. The molecule has 0 radical (unpaired) electrons. The van der Waals surface area contributed by atoms with E-state index >= 15 is 0 Å². The number of nitrogens with one attached hydrogen (secondary N) is 2. The van der Waals surface area contributed by atoms with Crippen LogP contribution >= 0.6 is 15.9 Å². The van der Waals surface area contributed by atoms with E-state index in [1.54, 1.807) is 54.6 Å². The zero-order valence-corrected chi connectivity index (χ0v) is 26.8. The molecule has 0 aliphatic carbocycles. The van der Waals surface area contributed by atoms with Gasteiger partial charge in [-0.2, -0.15) is 0 Å². The van der Waals surface area contributed by atoms with Crippen LogP contribution in [0.15, 0.2) is 124 Å². The molecule has 0 aromatic heterocycles. The Labute approximate surface area is 271 Å². The SMILES string of the molecule is O=C(NNCc1ccccc1)[C@@]1(CCS(=O)(=O)c2ccccc2)N=C(c2ccc(OCCCO)cc2)O[C@H]1c1ccccc1Br.